The van der Waals surface area contributed by atoms with Gasteiger partial charge in [-0.1, -0.05) is 0 Å². The summed E-state index contributed by atoms with van der Waals surface area (Å²) < 4.78 is 31.7. The third-order valence-corrected chi connectivity index (χ3v) is 6.27. The lowest BCUT2D eigenvalue weighted by molar-refractivity contribution is -0.121. The molecule has 2 saturated heterocycles. The second-order valence-electron chi connectivity index (χ2n) is 5.16. The topological polar surface area (TPSA) is 63.7 Å². The van der Waals surface area contributed by atoms with Crippen LogP contribution in [0.5, 0.6) is 0 Å². The Hall–Kier alpha value is -0.460. The molecular weight excluding hydrogens is 254 g/mol. The number of ketones is 1. The van der Waals surface area contributed by atoms with Crippen molar-refractivity contribution in [1.29, 1.82) is 0 Å². The molecule has 0 aromatic rings. The third kappa shape index (κ3) is 2.92. The first-order valence-electron chi connectivity index (χ1n) is 6.59. The molecular formula is C12H21NO4S. The molecule has 104 valence electrons. The first-order valence-corrected chi connectivity index (χ1v) is 8.09. The predicted molar refractivity (Wildman–Crippen MR) is 67.7 cm³/mol. The number of carbonyl (C=O) groups excluding carboxylic acids is 1. The summed E-state index contributed by atoms with van der Waals surface area (Å²) in [5.41, 5.74) is 0. The monoisotopic (exact) mass is 275 g/mol. The summed E-state index contributed by atoms with van der Waals surface area (Å²) in [5.74, 6) is -0.0183. The molecule has 0 N–H and O–H groups in total. The Labute approximate surface area is 109 Å². The van der Waals surface area contributed by atoms with E-state index < -0.39 is 10.0 Å². The third-order valence-electron chi connectivity index (χ3n) is 3.91. The molecule has 0 spiro atoms. The van der Waals surface area contributed by atoms with Crippen molar-refractivity contribution >= 4 is 15.8 Å². The summed E-state index contributed by atoms with van der Waals surface area (Å²) in [4.78, 5) is 11.4. The van der Waals surface area contributed by atoms with Gasteiger partial charge in [-0.25, -0.2) is 12.7 Å². The Bertz CT molecular complexity index is 400. The maximum atomic E-state index is 12.5. The maximum absolute atomic E-state index is 12.5. The number of rotatable bonds is 3. The Morgan fingerprint density at radius 3 is 2.50 bits per heavy atom. The fourth-order valence-electron chi connectivity index (χ4n) is 2.69. The van der Waals surface area contributed by atoms with Crippen LogP contribution in [-0.4, -0.2) is 50.1 Å². The highest BCUT2D eigenvalue weighted by atomic mass is 32.2. The van der Waals surface area contributed by atoms with Crippen molar-refractivity contribution in [2.45, 2.75) is 37.9 Å². The largest absolute Gasteiger partial charge is 0.381 e. The van der Waals surface area contributed by atoms with Crippen LogP contribution in [0.25, 0.3) is 0 Å². The lowest BCUT2D eigenvalue weighted by Crippen LogP contribution is -2.47. The minimum Gasteiger partial charge on any atom is -0.381 e. The van der Waals surface area contributed by atoms with Gasteiger partial charge in [-0.15, -0.1) is 0 Å². The molecule has 5 nitrogen and oxygen atoms in total. The number of piperidine rings is 1. The number of ether oxygens (including phenoxy) is 1. The smallest absolute Gasteiger partial charge is 0.217 e. The summed E-state index contributed by atoms with van der Waals surface area (Å²) >= 11 is 0. The summed E-state index contributed by atoms with van der Waals surface area (Å²) in [5, 5.41) is -0.322. The van der Waals surface area contributed by atoms with E-state index in [1.54, 1.807) is 6.92 Å². The molecule has 0 radical (unpaired) electrons. The van der Waals surface area contributed by atoms with E-state index in [0.29, 0.717) is 39.1 Å². The number of carbonyl (C=O) groups is 1. The molecule has 6 heteroatoms. The van der Waals surface area contributed by atoms with Gasteiger partial charge in [0.25, 0.3) is 0 Å². The van der Waals surface area contributed by atoms with Crippen molar-refractivity contribution in [1.82, 2.24) is 4.31 Å². The Balaban J connectivity index is 2.06. The van der Waals surface area contributed by atoms with Gasteiger partial charge >= 0.3 is 0 Å². The molecule has 0 aromatic carbocycles. The second kappa shape index (κ2) is 5.67. The SMILES string of the molecule is CC(=O)C1CCCN(S(=O)(=O)C2CCOCC2)C1. The van der Waals surface area contributed by atoms with Crippen LogP contribution in [-0.2, 0) is 19.6 Å². The van der Waals surface area contributed by atoms with Gasteiger partial charge in [-0.05, 0) is 32.6 Å². The molecule has 0 bridgehead atoms. The van der Waals surface area contributed by atoms with Gasteiger partial charge in [-0.2, -0.15) is 0 Å². The van der Waals surface area contributed by atoms with Gasteiger partial charge in [0.1, 0.15) is 5.78 Å². The minimum atomic E-state index is -3.25. The van der Waals surface area contributed by atoms with E-state index in [1.165, 1.54) is 4.31 Å². The molecule has 2 fully saturated rings. The lowest BCUT2D eigenvalue weighted by Gasteiger charge is -2.34. The van der Waals surface area contributed by atoms with Gasteiger partial charge in [0.2, 0.25) is 10.0 Å². The summed E-state index contributed by atoms with van der Waals surface area (Å²) in [7, 11) is -3.25. The zero-order valence-electron chi connectivity index (χ0n) is 10.8. The van der Waals surface area contributed by atoms with Crippen molar-refractivity contribution in [2.24, 2.45) is 5.92 Å². The molecule has 18 heavy (non-hydrogen) atoms. The first-order chi connectivity index (χ1) is 8.51. The van der Waals surface area contributed by atoms with Gasteiger partial charge in [0.05, 0.1) is 5.25 Å². The van der Waals surface area contributed by atoms with E-state index in [2.05, 4.69) is 0 Å². The van der Waals surface area contributed by atoms with E-state index in [4.69, 9.17) is 4.74 Å². The molecule has 1 unspecified atom stereocenters. The Morgan fingerprint density at radius 2 is 1.89 bits per heavy atom. The van der Waals surface area contributed by atoms with E-state index in [9.17, 15) is 13.2 Å². The first kappa shape index (κ1) is 14.0. The van der Waals surface area contributed by atoms with E-state index in [0.717, 1.165) is 12.8 Å². The van der Waals surface area contributed by atoms with Crippen molar-refractivity contribution in [3.8, 4) is 0 Å². The van der Waals surface area contributed by atoms with Gasteiger partial charge in [-0.3, -0.25) is 4.79 Å². The van der Waals surface area contributed by atoms with Crippen molar-refractivity contribution in [3.63, 3.8) is 0 Å². The number of nitrogens with zero attached hydrogens (tertiary/aromatic N) is 1. The van der Waals surface area contributed by atoms with Crippen LogP contribution in [0, 0.1) is 5.92 Å². The molecule has 2 heterocycles. The van der Waals surface area contributed by atoms with Crippen LogP contribution >= 0.6 is 0 Å². The molecule has 1 atom stereocenters. The molecule has 0 amide bonds. The maximum Gasteiger partial charge on any atom is 0.217 e. The van der Waals surface area contributed by atoms with Crippen LogP contribution in [0.3, 0.4) is 0 Å². The zero-order valence-corrected chi connectivity index (χ0v) is 11.6. The molecule has 2 rings (SSSR count). The van der Waals surface area contributed by atoms with Crippen molar-refractivity contribution in [3.05, 3.63) is 0 Å². The predicted octanol–water partition coefficient (Wildman–Crippen LogP) is 0.796. The molecule has 0 aliphatic carbocycles. The lowest BCUT2D eigenvalue weighted by atomic mass is 9.96. The quantitative estimate of drug-likeness (QED) is 0.764. The summed E-state index contributed by atoms with van der Waals surface area (Å²) in [6.07, 6.45) is 2.75. The summed E-state index contributed by atoms with van der Waals surface area (Å²) in [6, 6.07) is 0. The van der Waals surface area contributed by atoms with Crippen molar-refractivity contribution < 1.29 is 17.9 Å². The number of Topliss-reactive ketones (excluding diaryl/α,β-unsaturated/α-hetero) is 1. The van der Waals surface area contributed by atoms with Crippen LogP contribution in [0.1, 0.15) is 32.6 Å². The number of sulfonamides is 1. The van der Waals surface area contributed by atoms with Crippen LogP contribution in [0.15, 0.2) is 0 Å². The van der Waals surface area contributed by atoms with Crippen molar-refractivity contribution in [2.75, 3.05) is 26.3 Å². The number of hydrogen-bond donors (Lipinski definition) is 0. The van der Waals surface area contributed by atoms with Gasteiger partial charge < -0.3 is 4.74 Å². The second-order valence-corrected chi connectivity index (χ2v) is 7.38. The average molecular weight is 275 g/mol. The standard InChI is InChI=1S/C12H21NO4S/c1-10(14)11-3-2-6-13(9-11)18(15,16)12-4-7-17-8-5-12/h11-12H,2-9H2,1H3. The van der Waals surface area contributed by atoms with Crippen LogP contribution in [0.4, 0.5) is 0 Å². The fraction of sp³-hybridized carbons (Fsp3) is 0.917. The van der Waals surface area contributed by atoms with Gasteiger partial charge in [0, 0.05) is 32.2 Å². The molecule has 0 saturated carbocycles. The molecule has 2 aliphatic rings. The summed E-state index contributed by atoms with van der Waals surface area (Å²) in [6.45, 7) is 3.52. The highest BCUT2D eigenvalue weighted by molar-refractivity contribution is 7.89. The van der Waals surface area contributed by atoms with E-state index in [1.807, 2.05) is 0 Å². The van der Waals surface area contributed by atoms with Crippen LogP contribution < -0.4 is 0 Å². The van der Waals surface area contributed by atoms with E-state index >= 15 is 0 Å². The van der Waals surface area contributed by atoms with E-state index in [-0.39, 0.29) is 17.0 Å². The Kier molecular flexibility index (Phi) is 4.40. The average Bonchev–Trinajstić information content (AvgIpc) is 2.40. The molecule has 0 aromatic heterocycles. The minimum absolute atomic E-state index is 0.0990. The normalized spacial score (nSPS) is 28.2. The van der Waals surface area contributed by atoms with Gasteiger partial charge in [0.15, 0.2) is 0 Å². The highest BCUT2D eigenvalue weighted by Gasteiger charge is 2.36. The highest BCUT2D eigenvalue weighted by Crippen LogP contribution is 2.25. The van der Waals surface area contributed by atoms with Crippen LogP contribution in [0.2, 0.25) is 0 Å². The number of hydrogen-bond acceptors (Lipinski definition) is 4. The Morgan fingerprint density at radius 1 is 1.22 bits per heavy atom. The fourth-order valence-corrected chi connectivity index (χ4v) is 4.67. The molecule has 2 aliphatic heterocycles. The zero-order chi connectivity index (χ0) is 13.2.